The maximum atomic E-state index is 12.2. The fraction of sp³-hybridized carbons (Fsp3) is 0.571. The van der Waals surface area contributed by atoms with Crippen LogP contribution in [0.4, 0.5) is 5.69 Å². The van der Waals surface area contributed by atoms with Gasteiger partial charge in [0, 0.05) is 19.1 Å². The van der Waals surface area contributed by atoms with Crippen molar-refractivity contribution in [2.24, 2.45) is 0 Å². The monoisotopic (exact) mass is 297 g/mol. The van der Waals surface area contributed by atoms with E-state index in [0.717, 1.165) is 25.9 Å². The van der Waals surface area contributed by atoms with Crippen molar-refractivity contribution in [3.63, 3.8) is 0 Å². The van der Waals surface area contributed by atoms with E-state index in [-0.39, 0.29) is 0 Å². The van der Waals surface area contributed by atoms with Crippen LogP contribution < -0.4 is 10.0 Å². The molecule has 0 spiro atoms. The van der Waals surface area contributed by atoms with Crippen LogP contribution in [0.5, 0.6) is 0 Å². The Morgan fingerprint density at radius 1 is 1.35 bits per heavy atom. The number of hydrogen-bond acceptors (Lipinski definition) is 4. The van der Waals surface area contributed by atoms with Crippen LogP contribution in [0.2, 0.25) is 0 Å². The molecule has 5 nitrogen and oxygen atoms in total. The highest BCUT2D eigenvalue weighted by atomic mass is 32.2. The molecule has 1 aliphatic rings. The van der Waals surface area contributed by atoms with E-state index in [0.29, 0.717) is 23.2 Å². The van der Waals surface area contributed by atoms with Gasteiger partial charge < -0.3 is 10.2 Å². The number of benzene rings is 1. The lowest BCUT2D eigenvalue weighted by atomic mass is 10.1. The van der Waals surface area contributed by atoms with Gasteiger partial charge >= 0.3 is 0 Å². The maximum absolute atomic E-state index is 12.2. The Labute approximate surface area is 121 Å². The molecule has 0 bridgehead atoms. The summed E-state index contributed by atoms with van der Waals surface area (Å²) in [6.07, 6.45) is 2.20. The second-order valence-electron chi connectivity index (χ2n) is 5.24. The fourth-order valence-corrected chi connectivity index (χ4v) is 3.80. The van der Waals surface area contributed by atoms with Gasteiger partial charge in [-0.15, -0.1) is 0 Å². The largest absolute Gasteiger partial charge is 0.380 e. The summed E-state index contributed by atoms with van der Waals surface area (Å²) in [4.78, 5) is 2.60. The quantitative estimate of drug-likeness (QED) is 0.864. The Bertz CT molecular complexity index is 545. The molecule has 112 valence electrons. The average Bonchev–Trinajstić information content (AvgIpc) is 2.39. The van der Waals surface area contributed by atoms with Crippen LogP contribution in [0, 0.1) is 0 Å². The van der Waals surface area contributed by atoms with Crippen LogP contribution in [0.25, 0.3) is 0 Å². The molecule has 1 fully saturated rings. The summed E-state index contributed by atoms with van der Waals surface area (Å²) >= 11 is 0. The average molecular weight is 297 g/mol. The third-order valence-corrected chi connectivity index (χ3v) is 5.10. The highest BCUT2D eigenvalue weighted by Gasteiger charge is 2.21. The molecule has 2 rings (SSSR count). The molecule has 0 saturated carbocycles. The highest BCUT2D eigenvalue weighted by molar-refractivity contribution is 7.89. The molecule has 1 aliphatic heterocycles. The van der Waals surface area contributed by atoms with Crippen LogP contribution in [0.3, 0.4) is 0 Å². The second kappa shape index (κ2) is 6.56. The summed E-state index contributed by atoms with van der Waals surface area (Å²) in [7, 11) is -1.34. The first kappa shape index (κ1) is 15.3. The van der Waals surface area contributed by atoms with Gasteiger partial charge in [-0.1, -0.05) is 19.1 Å². The zero-order valence-electron chi connectivity index (χ0n) is 12.1. The molecule has 6 heteroatoms. The maximum Gasteiger partial charge on any atom is 0.242 e. The molecule has 0 aliphatic carbocycles. The minimum atomic E-state index is -3.43. The van der Waals surface area contributed by atoms with Gasteiger partial charge in [-0.2, -0.15) is 0 Å². The van der Waals surface area contributed by atoms with E-state index in [1.54, 1.807) is 19.1 Å². The standard InChI is InChI=1S/C14H23N3O2S/c1-3-15-20(18,19)14-9-5-4-8-13(14)16-12-7-6-10-17(2)11-12/h4-5,8-9,12,15-16H,3,6-7,10-11H2,1-2H3. The molecule has 20 heavy (non-hydrogen) atoms. The lowest BCUT2D eigenvalue weighted by Gasteiger charge is -2.31. The van der Waals surface area contributed by atoms with E-state index in [4.69, 9.17) is 0 Å². The number of para-hydroxylation sites is 1. The normalized spacial score (nSPS) is 20.8. The van der Waals surface area contributed by atoms with Gasteiger partial charge in [-0.05, 0) is 38.6 Å². The van der Waals surface area contributed by atoms with Crippen LogP contribution in [0.1, 0.15) is 19.8 Å². The number of anilines is 1. The van der Waals surface area contributed by atoms with Gasteiger partial charge in [0.1, 0.15) is 4.90 Å². The molecule has 2 N–H and O–H groups in total. The first-order valence-corrected chi connectivity index (χ1v) is 8.55. The van der Waals surface area contributed by atoms with Gasteiger partial charge in [0.15, 0.2) is 0 Å². The number of hydrogen-bond donors (Lipinski definition) is 2. The molecular formula is C14H23N3O2S. The van der Waals surface area contributed by atoms with Crippen LogP contribution >= 0.6 is 0 Å². The van der Waals surface area contributed by atoms with Gasteiger partial charge in [0.2, 0.25) is 10.0 Å². The van der Waals surface area contributed by atoms with Crippen molar-refractivity contribution >= 4 is 15.7 Å². The molecule has 1 aromatic carbocycles. The summed E-state index contributed by atoms with van der Waals surface area (Å²) in [6, 6.07) is 7.39. The Hall–Kier alpha value is -1.11. The number of likely N-dealkylation sites (tertiary alicyclic amines) is 1. The third-order valence-electron chi connectivity index (χ3n) is 3.50. The molecule has 0 radical (unpaired) electrons. The molecule has 1 atom stereocenters. The SMILES string of the molecule is CCNS(=O)(=O)c1ccccc1NC1CCCN(C)C1. The van der Waals surface area contributed by atoms with E-state index in [2.05, 4.69) is 22.0 Å². The highest BCUT2D eigenvalue weighted by Crippen LogP contribution is 2.23. The first-order valence-electron chi connectivity index (χ1n) is 7.06. The summed E-state index contributed by atoms with van der Waals surface area (Å²) in [5, 5.41) is 3.38. The predicted molar refractivity (Wildman–Crippen MR) is 81.4 cm³/mol. The van der Waals surface area contributed by atoms with Gasteiger partial charge in [-0.25, -0.2) is 13.1 Å². The molecule has 1 aromatic rings. The molecule has 1 unspecified atom stereocenters. The van der Waals surface area contributed by atoms with Crippen molar-refractivity contribution in [3.8, 4) is 0 Å². The third kappa shape index (κ3) is 3.71. The summed E-state index contributed by atoms with van der Waals surface area (Å²) in [6.45, 7) is 4.22. The van der Waals surface area contributed by atoms with Gasteiger partial charge in [0.05, 0.1) is 5.69 Å². The molecule has 0 aromatic heterocycles. The van der Waals surface area contributed by atoms with Gasteiger partial charge in [0.25, 0.3) is 0 Å². The lowest BCUT2D eigenvalue weighted by molar-refractivity contribution is 0.261. The number of likely N-dealkylation sites (N-methyl/N-ethyl adjacent to an activating group) is 1. The van der Waals surface area contributed by atoms with Crippen LogP contribution in [-0.2, 0) is 10.0 Å². The fourth-order valence-electron chi connectivity index (χ4n) is 2.59. The van der Waals surface area contributed by atoms with Gasteiger partial charge in [-0.3, -0.25) is 0 Å². The van der Waals surface area contributed by atoms with E-state index >= 15 is 0 Å². The zero-order chi connectivity index (χ0) is 14.6. The number of rotatable bonds is 5. The second-order valence-corrected chi connectivity index (χ2v) is 6.98. The van der Waals surface area contributed by atoms with Crippen LogP contribution in [-0.4, -0.2) is 46.0 Å². The zero-order valence-corrected chi connectivity index (χ0v) is 12.9. The Morgan fingerprint density at radius 2 is 2.10 bits per heavy atom. The van der Waals surface area contributed by atoms with E-state index in [1.807, 2.05) is 12.1 Å². The number of piperidine rings is 1. The molecule has 1 saturated heterocycles. The van der Waals surface area contributed by atoms with Crippen molar-refractivity contribution in [3.05, 3.63) is 24.3 Å². The smallest absolute Gasteiger partial charge is 0.242 e. The Balaban J connectivity index is 2.20. The minimum absolute atomic E-state index is 0.298. The van der Waals surface area contributed by atoms with E-state index < -0.39 is 10.0 Å². The van der Waals surface area contributed by atoms with Crippen molar-refractivity contribution in [1.82, 2.24) is 9.62 Å². The number of nitrogens with zero attached hydrogens (tertiary/aromatic N) is 1. The molecular weight excluding hydrogens is 274 g/mol. The predicted octanol–water partition coefficient (Wildman–Crippen LogP) is 1.49. The summed E-state index contributed by atoms with van der Waals surface area (Å²) in [5.74, 6) is 0. The molecule has 1 heterocycles. The first-order chi connectivity index (χ1) is 9.53. The summed E-state index contributed by atoms with van der Waals surface area (Å²) < 4.78 is 26.9. The van der Waals surface area contributed by atoms with Crippen molar-refractivity contribution in [2.45, 2.75) is 30.7 Å². The summed E-state index contributed by atoms with van der Waals surface area (Å²) in [5.41, 5.74) is 0.689. The van der Waals surface area contributed by atoms with Crippen molar-refractivity contribution in [2.75, 3.05) is 32.0 Å². The van der Waals surface area contributed by atoms with Crippen molar-refractivity contribution in [1.29, 1.82) is 0 Å². The minimum Gasteiger partial charge on any atom is -0.380 e. The topological polar surface area (TPSA) is 61.4 Å². The Kier molecular flexibility index (Phi) is 5.01. The number of nitrogens with one attached hydrogen (secondary N) is 2. The molecule has 0 amide bonds. The lowest BCUT2D eigenvalue weighted by Crippen LogP contribution is -2.40. The van der Waals surface area contributed by atoms with E-state index in [9.17, 15) is 8.42 Å². The van der Waals surface area contributed by atoms with Crippen LogP contribution in [0.15, 0.2) is 29.2 Å². The Morgan fingerprint density at radius 3 is 2.80 bits per heavy atom. The van der Waals surface area contributed by atoms with Crippen molar-refractivity contribution < 1.29 is 8.42 Å². The van der Waals surface area contributed by atoms with E-state index in [1.165, 1.54) is 0 Å². The number of sulfonamides is 1.